The Hall–Kier alpha value is -1.22. The summed E-state index contributed by atoms with van der Waals surface area (Å²) in [6, 6.07) is 5.18. The Morgan fingerprint density at radius 1 is 1.12 bits per heavy atom. The van der Waals surface area contributed by atoms with Crippen LogP contribution in [0, 0.1) is 6.92 Å². The smallest absolute Gasteiger partial charge is 0.123 e. The summed E-state index contributed by atoms with van der Waals surface area (Å²) in [6.45, 7) is 8.96. The topological polar surface area (TPSA) is 38.7 Å². The van der Waals surface area contributed by atoms with E-state index in [0.717, 1.165) is 5.56 Å². The first-order valence-electron chi connectivity index (χ1n) is 5.44. The standard InChI is InChI=1S/C13H20O3/c1-10-7-11(14)9-12(8-10)15-5-6-16-13(2,3)4/h7-9,14H,5-6H2,1-4H3. The lowest BCUT2D eigenvalue weighted by Crippen LogP contribution is -2.22. The molecule has 0 saturated carbocycles. The van der Waals surface area contributed by atoms with Crippen LogP contribution in [0.5, 0.6) is 11.5 Å². The fraction of sp³-hybridized carbons (Fsp3) is 0.538. The lowest BCUT2D eigenvalue weighted by Gasteiger charge is -2.19. The van der Waals surface area contributed by atoms with Crippen LogP contribution >= 0.6 is 0 Å². The van der Waals surface area contributed by atoms with Crippen molar-refractivity contribution in [2.75, 3.05) is 13.2 Å². The lowest BCUT2D eigenvalue weighted by atomic mass is 10.2. The number of benzene rings is 1. The minimum atomic E-state index is -0.141. The fourth-order valence-electron chi connectivity index (χ4n) is 1.32. The summed E-state index contributed by atoms with van der Waals surface area (Å²) < 4.78 is 11.0. The van der Waals surface area contributed by atoms with Gasteiger partial charge >= 0.3 is 0 Å². The van der Waals surface area contributed by atoms with Gasteiger partial charge in [-0.15, -0.1) is 0 Å². The molecule has 0 aromatic heterocycles. The van der Waals surface area contributed by atoms with Crippen molar-refractivity contribution in [2.24, 2.45) is 0 Å². The van der Waals surface area contributed by atoms with Gasteiger partial charge in [-0.25, -0.2) is 0 Å². The Kier molecular flexibility index (Phi) is 4.19. The molecule has 1 aromatic carbocycles. The normalized spacial score (nSPS) is 11.5. The Labute approximate surface area is 97.0 Å². The zero-order valence-corrected chi connectivity index (χ0v) is 10.4. The van der Waals surface area contributed by atoms with E-state index in [0.29, 0.717) is 19.0 Å². The average Bonchev–Trinajstić information content (AvgIpc) is 2.09. The molecule has 0 saturated heterocycles. The first-order valence-corrected chi connectivity index (χ1v) is 5.44. The molecule has 0 radical (unpaired) electrons. The number of aromatic hydroxyl groups is 1. The van der Waals surface area contributed by atoms with Crippen LogP contribution in [-0.4, -0.2) is 23.9 Å². The van der Waals surface area contributed by atoms with E-state index >= 15 is 0 Å². The molecule has 1 N–H and O–H groups in total. The van der Waals surface area contributed by atoms with Gasteiger partial charge in [0.15, 0.2) is 0 Å². The van der Waals surface area contributed by atoms with Crippen molar-refractivity contribution in [2.45, 2.75) is 33.3 Å². The monoisotopic (exact) mass is 224 g/mol. The molecule has 0 aliphatic carbocycles. The minimum Gasteiger partial charge on any atom is -0.508 e. The second kappa shape index (κ2) is 5.21. The number of phenolic OH excluding ortho intramolecular Hbond substituents is 1. The quantitative estimate of drug-likeness (QED) is 0.799. The first-order chi connectivity index (χ1) is 7.37. The Bertz CT molecular complexity index is 319. The second-order valence-corrected chi connectivity index (χ2v) is 4.81. The Morgan fingerprint density at radius 2 is 1.81 bits per heavy atom. The lowest BCUT2D eigenvalue weighted by molar-refractivity contribution is -0.0163. The van der Waals surface area contributed by atoms with Gasteiger partial charge in [0.05, 0.1) is 12.2 Å². The van der Waals surface area contributed by atoms with E-state index in [1.54, 1.807) is 12.1 Å². The van der Waals surface area contributed by atoms with Gasteiger partial charge in [-0.1, -0.05) is 0 Å². The van der Waals surface area contributed by atoms with Crippen LogP contribution in [-0.2, 0) is 4.74 Å². The summed E-state index contributed by atoms with van der Waals surface area (Å²) in [4.78, 5) is 0. The molecule has 0 bridgehead atoms. The summed E-state index contributed by atoms with van der Waals surface area (Å²) in [6.07, 6.45) is 0. The molecule has 3 nitrogen and oxygen atoms in total. The summed E-state index contributed by atoms with van der Waals surface area (Å²) >= 11 is 0. The number of aryl methyl sites for hydroxylation is 1. The van der Waals surface area contributed by atoms with E-state index in [1.165, 1.54) is 0 Å². The number of rotatable bonds is 4. The van der Waals surface area contributed by atoms with Crippen LogP contribution in [0.3, 0.4) is 0 Å². The highest BCUT2D eigenvalue weighted by molar-refractivity contribution is 5.36. The maximum atomic E-state index is 9.37. The summed E-state index contributed by atoms with van der Waals surface area (Å²) in [5.74, 6) is 0.904. The van der Waals surface area contributed by atoms with Crippen molar-refractivity contribution in [3.63, 3.8) is 0 Å². The van der Waals surface area contributed by atoms with E-state index in [2.05, 4.69) is 0 Å². The predicted molar refractivity (Wildman–Crippen MR) is 64.0 cm³/mol. The predicted octanol–water partition coefficient (Wildman–Crippen LogP) is 2.89. The molecular formula is C13H20O3. The number of hydrogen-bond donors (Lipinski definition) is 1. The van der Waals surface area contributed by atoms with Crippen molar-refractivity contribution in [3.8, 4) is 11.5 Å². The second-order valence-electron chi connectivity index (χ2n) is 4.81. The van der Waals surface area contributed by atoms with Crippen LogP contribution in [0.4, 0.5) is 0 Å². The van der Waals surface area contributed by atoms with E-state index in [4.69, 9.17) is 9.47 Å². The Morgan fingerprint density at radius 3 is 2.38 bits per heavy atom. The van der Waals surface area contributed by atoms with Crippen LogP contribution in [0.2, 0.25) is 0 Å². The highest BCUT2D eigenvalue weighted by atomic mass is 16.5. The van der Waals surface area contributed by atoms with Crippen molar-refractivity contribution in [3.05, 3.63) is 23.8 Å². The summed E-state index contributed by atoms with van der Waals surface area (Å²) in [5.41, 5.74) is 0.838. The SMILES string of the molecule is Cc1cc(O)cc(OCCOC(C)(C)C)c1. The third kappa shape index (κ3) is 5.03. The summed E-state index contributed by atoms with van der Waals surface area (Å²) in [7, 11) is 0. The molecule has 0 fully saturated rings. The van der Waals surface area contributed by atoms with Gasteiger partial charge < -0.3 is 14.6 Å². The van der Waals surface area contributed by atoms with Gasteiger partial charge in [-0.3, -0.25) is 0 Å². The van der Waals surface area contributed by atoms with Gasteiger partial charge in [0.25, 0.3) is 0 Å². The third-order valence-corrected chi connectivity index (χ3v) is 1.92. The summed E-state index contributed by atoms with van der Waals surface area (Å²) in [5, 5.41) is 9.37. The average molecular weight is 224 g/mol. The van der Waals surface area contributed by atoms with E-state index in [9.17, 15) is 5.11 Å². The maximum Gasteiger partial charge on any atom is 0.123 e. The van der Waals surface area contributed by atoms with E-state index < -0.39 is 0 Å². The van der Waals surface area contributed by atoms with Crippen molar-refractivity contribution in [1.82, 2.24) is 0 Å². The minimum absolute atomic E-state index is 0.141. The zero-order chi connectivity index (χ0) is 12.2. The molecular weight excluding hydrogens is 204 g/mol. The molecule has 0 heterocycles. The molecule has 16 heavy (non-hydrogen) atoms. The van der Waals surface area contributed by atoms with Crippen LogP contribution in [0.25, 0.3) is 0 Å². The Balaban J connectivity index is 2.37. The molecule has 3 heteroatoms. The zero-order valence-electron chi connectivity index (χ0n) is 10.4. The highest BCUT2D eigenvalue weighted by Gasteiger charge is 2.09. The van der Waals surface area contributed by atoms with Crippen LogP contribution in [0.1, 0.15) is 26.3 Å². The van der Waals surface area contributed by atoms with E-state index in [1.807, 2.05) is 33.8 Å². The van der Waals surface area contributed by atoms with Crippen molar-refractivity contribution >= 4 is 0 Å². The highest BCUT2D eigenvalue weighted by Crippen LogP contribution is 2.21. The van der Waals surface area contributed by atoms with Gasteiger partial charge in [0.2, 0.25) is 0 Å². The molecule has 0 spiro atoms. The van der Waals surface area contributed by atoms with Crippen molar-refractivity contribution < 1.29 is 14.6 Å². The molecule has 0 aliphatic heterocycles. The largest absolute Gasteiger partial charge is 0.508 e. The maximum absolute atomic E-state index is 9.37. The van der Waals surface area contributed by atoms with Gasteiger partial charge in [-0.05, 0) is 45.4 Å². The number of ether oxygens (including phenoxy) is 2. The molecule has 1 rings (SSSR count). The number of hydrogen-bond acceptors (Lipinski definition) is 3. The molecule has 0 aliphatic rings. The van der Waals surface area contributed by atoms with Gasteiger partial charge in [0, 0.05) is 6.07 Å². The molecule has 1 aromatic rings. The van der Waals surface area contributed by atoms with Crippen LogP contribution in [0.15, 0.2) is 18.2 Å². The molecule has 90 valence electrons. The van der Waals surface area contributed by atoms with Gasteiger partial charge in [0.1, 0.15) is 18.1 Å². The van der Waals surface area contributed by atoms with Crippen LogP contribution < -0.4 is 4.74 Å². The third-order valence-electron chi connectivity index (χ3n) is 1.92. The first kappa shape index (κ1) is 12.8. The molecule has 0 atom stereocenters. The van der Waals surface area contributed by atoms with E-state index in [-0.39, 0.29) is 11.4 Å². The molecule has 0 amide bonds. The van der Waals surface area contributed by atoms with Gasteiger partial charge in [-0.2, -0.15) is 0 Å². The molecule has 0 unspecified atom stereocenters. The fourth-order valence-corrected chi connectivity index (χ4v) is 1.32. The number of phenols is 1. The van der Waals surface area contributed by atoms with Crippen molar-refractivity contribution in [1.29, 1.82) is 0 Å².